The molecule has 2 aromatic rings. The molecular formula is C26H36N2O9S. The predicted molar refractivity (Wildman–Crippen MR) is 138 cm³/mol. The molecule has 1 amide bonds. The summed E-state index contributed by atoms with van der Waals surface area (Å²) in [4.78, 5) is 18.0. The van der Waals surface area contributed by atoms with Gasteiger partial charge in [0.05, 0.1) is 30.2 Å². The second-order valence-corrected chi connectivity index (χ2v) is 11.2. The molecule has 0 radical (unpaired) electrons. The quantitative estimate of drug-likeness (QED) is 0.238. The number of nitrogens with one attached hydrogen (secondary N) is 1. The van der Waals surface area contributed by atoms with Gasteiger partial charge in [0.15, 0.2) is 11.5 Å². The average molecular weight is 553 g/mol. The van der Waals surface area contributed by atoms with Crippen molar-refractivity contribution in [1.29, 1.82) is 0 Å². The molecule has 2 aromatic carbocycles. The number of sulfonamides is 1. The molecule has 0 aliphatic carbocycles. The lowest BCUT2D eigenvalue weighted by Gasteiger charge is -2.25. The molecule has 0 bridgehead atoms. The van der Waals surface area contributed by atoms with E-state index in [2.05, 4.69) is 5.32 Å². The van der Waals surface area contributed by atoms with Crippen molar-refractivity contribution in [1.82, 2.24) is 9.79 Å². The van der Waals surface area contributed by atoms with Gasteiger partial charge in [-0.25, -0.2) is 13.2 Å². The number of fused-ring (bicyclic) bond motifs is 1. The van der Waals surface area contributed by atoms with Gasteiger partial charge in [-0.1, -0.05) is 26.0 Å². The molecule has 3 rings (SSSR count). The van der Waals surface area contributed by atoms with E-state index in [1.54, 1.807) is 26.0 Å². The van der Waals surface area contributed by atoms with Crippen LogP contribution in [0.2, 0.25) is 0 Å². The number of rotatable bonds is 14. The van der Waals surface area contributed by atoms with Crippen LogP contribution in [0.25, 0.3) is 0 Å². The number of hydrogen-bond acceptors (Lipinski definition) is 9. The monoisotopic (exact) mass is 552 g/mol. The molecule has 11 nitrogen and oxygen atoms in total. The highest BCUT2D eigenvalue weighted by molar-refractivity contribution is 7.89. The maximum atomic E-state index is 13.3. The van der Waals surface area contributed by atoms with Gasteiger partial charge in [0.25, 0.3) is 10.0 Å². The molecule has 1 aliphatic rings. The molecule has 1 aliphatic heterocycles. The molecule has 2 unspecified atom stereocenters. The number of aliphatic hydroxyl groups is 2. The van der Waals surface area contributed by atoms with E-state index >= 15 is 0 Å². The number of hydroxylamine groups is 1. The third-order valence-corrected chi connectivity index (χ3v) is 7.30. The van der Waals surface area contributed by atoms with Crippen molar-refractivity contribution < 1.29 is 42.5 Å². The molecular weight excluding hydrogens is 516 g/mol. The van der Waals surface area contributed by atoms with Gasteiger partial charge in [0.2, 0.25) is 6.79 Å². The fourth-order valence-electron chi connectivity index (χ4n) is 3.63. The van der Waals surface area contributed by atoms with Gasteiger partial charge in [0.1, 0.15) is 5.75 Å². The Morgan fingerprint density at radius 1 is 1.08 bits per heavy atom. The van der Waals surface area contributed by atoms with E-state index in [-0.39, 0.29) is 42.9 Å². The first-order valence-electron chi connectivity index (χ1n) is 12.5. The van der Waals surface area contributed by atoms with E-state index < -0.39 is 28.3 Å². The summed E-state index contributed by atoms with van der Waals surface area (Å²) in [5, 5.41) is 21.7. The highest BCUT2D eigenvalue weighted by Gasteiger charge is 2.32. The zero-order valence-electron chi connectivity index (χ0n) is 21.8. The summed E-state index contributed by atoms with van der Waals surface area (Å²) >= 11 is 0. The topological polar surface area (TPSA) is 144 Å². The van der Waals surface area contributed by atoms with Crippen LogP contribution in [0.5, 0.6) is 17.2 Å². The van der Waals surface area contributed by atoms with E-state index in [1.807, 2.05) is 12.1 Å². The van der Waals surface area contributed by atoms with Crippen molar-refractivity contribution in [3.05, 3.63) is 48.0 Å². The Morgan fingerprint density at radius 2 is 1.79 bits per heavy atom. The van der Waals surface area contributed by atoms with Gasteiger partial charge in [-0.05, 0) is 66.4 Å². The number of hydrogen-bond donors (Lipinski definition) is 3. The third-order valence-electron chi connectivity index (χ3n) is 5.69. The normalized spacial score (nSPS) is 14.4. The molecule has 38 heavy (non-hydrogen) atoms. The molecule has 0 fully saturated rings. The van der Waals surface area contributed by atoms with Crippen molar-refractivity contribution >= 4 is 16.1 Å². The van der Waals surface area contributed by atoms with Crippen LogP contribution in [0.1, 0.15) is 39.2 Å². The first-order chi connectivity index (χ1) is 18.1. The Hall–Kier alpha value is -3.06. The van der Waals surface area contributed by atoms with E-state index in [9.17, 15) is 18.3 Å². The lowest BCUT2D eigenvalue weighted by atomic mass is 10.0. The van der Waals surface area contributed by atoms with Crippen LogP contribution in [0.15, 0.2) is 47.4 Å². The second-order valence-electron chi connectivity index (χ2n) is 9.40. The lowest BCUT2D eigenvalue weighted by Crippen LogP contribution is -2.47. The number of nitrogens with zero attached hydrogens (tertiary/aromatic N) is 1. The fraction of sp³-hybridized carbons (Fsp3) is 0.500. The van der Waals surface area contributed by atoms with Crippen molar-refractivity contribution in [2.75, 3.05) is 26.6 Å². The first kappa shape index (κ1) is 29.5. The number of amides is 1. The summed E-state index contributed by atoms with van der Waals surface area (Å²) in [6.45, 7) is 5.64. The number of unbranched alkanes of at least 4 members (excludes halogenated alkanes) is 1. The number of carbonyl (C=O) groups is 1. The largest absolute Gasteiger partial charge is 0.494 e. The molecule has 0 aromatic heterocycles. The molecule has 0 spiro atoms. The van der Waals surface area contributed by atoms with Gasteiger partial charge in [0, 0.05) is 12.7 Å². The molecule has 1 heterocycles. The Bertz CT molecular complexity index is 1150. The summed E-state index contributed by atoms with van der Waals surface area (Å²) in [5.74, 6) is 1.24. The zero-order chi connectivity index (χ0) is 27.7. The highest BCUT2D eigenvalue weighted by atomic mass is 32.2. The molecule has 210 valence electrons. The number of benzene rings is 2. The number of carbonyl (C=O) groups excluding carboxylic acids is 1. The van der Waals surface area contributed by atoms with Gasteiger partial charge in [-0.15, -0.1) is 0 Å². The lowest BCUT2D eigenvalue weighted by molar-refractivity contribution is -0.0323. The summed E-state index contributed by atoms with van der Waals surface area (Å²) in [6, 6.07) is 10.6. The van der Waals surface area contributed by atoms with E-state index in [1.165, 1.54) is 25.1 Å². The summed E-state index contributed by atoms with van der Waals surface area (Å²) in [7, 11) is -4.22. The van der Waals surface area contributed by atoms with Crippen LogP contribution >= 0.6 is 0 Å². The van der Waals surface area contributed by atoms with Gasteiger partial charge >= 0.3 is 6.09 Å². The van der Waals surface area contributed by atoms with Crippen LogP contribution in [-0.4, -0.2) is 67.9 Å². The zero-order valence-corrected chi connectivity index (χ0v) is 22.6. The van der Waals surface area contributed by atoms with Gasteiger partial charge in [-0.2, -0.15) is 0 Å². The molecule has 0 saturated heterocycles. The van der Waals surface area contributed by atoms with Crippen LogP contribution < -0.4 is 19.5 Å². The Balaban J connectivity index is 1.65. The van der Waals surface area contributed by atoms with Crippen molar-refractivity contribution in [3.63, 3.8) is 0 Å². The average Bonchev–Trinajstić information content (AvgIpc) is 3.34. The minimum Gasteiger partial charge on any atom is -0.494 e. The summed E-state index contributed by atoms with van der Waals surface area (Å²) < 4.78 is 43.4. The predicted octanol–water partition coefficient (Wildman–Crippen LogP) is 2.85. The fourth-order valence-corrected chi connectivity index (χ4v) is 5.02. The SMILES string of the molecule is CC(C)CN(OC(=O)NC(Cc1ccc(OCCCCO)cc1)C(C)O)S(=O)(=O)c1ccc2c(c1)OCO2. The Kier molecular flexibility index (Phi) is 10.6. The summed E-state index contributed by atoms with van der Waals surface area (Å²) in [5.41, 5.74) is 0.825. The Morgan fingerprint density at radius 3 is 2.45 bits per heavy atom. The van der Waals surface area contributed by atoms with Crippen LogP contribution in [0, 0.1) is 5.92 Å². The molecule has 3 N–H and O–H groups in total. The molecule has 2 atom stereocenters. The van der Waals surface area contributed by atoms with E-state index in [4.69, 9.17) is 24.2 Å². The van der Waals surface area contributed by atoms with Crippen molar-refractivity contribution in [2.24, 2.45) is 5.92 Å². The van der Waals surface area contributed by atoms with Gasteiger partial charge in [-0.3, -0.25) is 0 Å². The van der Waals surface area contributed by atoms with Crippen LogP contribution in [-0.2, 0) is 21.3 Å². The third kappa shape index (κ3) is 8.22. The molecule has 12 heteroatoms. The highest BCUT2D eigenvalue weighted by Crippen LogP contribution is 2.34. The molecule has 0 saturated carbocycles. The number of aliphatic hydroxyl groups excluding tert-OH is 2. The number of ether oxygens (including phenoxy) is 3. The van der Waals surface area contributed by atoms with E-state index in [0.717, 1.165) is 12.0 Å². The minimum absolute atomic E-state index is 0.00540. The maximum Gasteiger partial charge on any atom is 0.427 e. The standard InChI is InChI=1S/C26H36N2O9S/c1-18(2)16-28(38(32,33)22-10-11-24-25(15-22)36-17-35-24)37-26(31)27-23(19(3)30)14-20-6-8-21(9-7-20)34-13-5-4-12-29/h6-11,15,18-19,23,29-30H,4-5,12-14,16-17H2,1-3H3,(H,27,31). The maximum absolute atomic E-state index is 13.3. The van der Waals surface area contributed by atoms with Crippen LogP contribution in [0.4, 0.5) is 4.79 Å². The first-order valence-corrected chi connectivity index (χ1v) is 14.0. The second kappa shape index (κ2) is 13.7. The smallest absolute Gasteiger partial charge is 0.427 e. The van der Waals surface area contributed by atoms with E-state index in [0.29, 0.717) is 29.0 Å². The van der Waals surface area contributed by atoms with Crippen molar-refractivity contribution in [2.45, 2.75) is 57.1 Å². The summed E-state index contributed by atoms with van der Waals surface area (Å²) in [6.07, 6.45) is -0.267. The Labute approximate surface area is 223 Å². The van der Waals surface area contributed by atoms with Gasteiger partial charge < -0.3 is 34.6 Å². The minimum atomic E-state index is -4.22. The van der Waals surface area contributed by atoms with Crippen LogP contribution in [0.3, 0.4) is 0 Å². The van der Waals surface area contributed by atoms with Crippen molar-refractivity contribution in [3.8, 4) is 17.2 Å².